The van der Waals surface area contributed by atoms with Gasteiger partial charge in [-0.15, -0.1) is 0 Å². The summed E-state index contributed by atoms with van der Waals surface area (Å²) >= 11 is 0. The maximum Gasteiger partial charge on any atom is 0.303 e. The molecule has 0 heterocycles. The van der Waals surface area contributed by atoms with E-state index in [0.29, 0.717) is 0 Å². The molecule has 0 saturated carbocycles. The van der Waals surface area contributed by atoms with Crippen LogP contribution < -0.4 is 0 Å². The van der Waals surface area contributed by atoms with Crippen LogP contribution in [0.1, 0.15) is 0 Å². The molecular formula is H3AlO2P. The lowest BCUT2D eigenvalue weighted by molar-refractivity contribution is 0.531. The summed E-state index contributed by atoms with van der Waals surface area (Å²) < 4.78 is 16.8. The molecule has 1 radical (unpaired) electrons. The Morgan fingerprint density at radius 1 is 1.25 bits per heavy atom. The third-order valence-electron chi connectivity index (χ3n) is 0. The van der Waals surface area contributed by atoms with Gasteiger partial charge in [0.25, 0.3) is 0 Å². The predicted molar refractivity (Wildman–Crippen MR) is 18.2 cm³/mol. The van der Waals surface area contributed by atoms with E-state index in [4.69, 9.17) is 9.13 Å². The molecule has 4 heavy (non-hydrogen) atoms. The van der Waals surface area contributed by atoms with Crippen LogP contribution in [0.2, 0.25) is 0 Å². The molecule has 4 heteroatoms. The molecule has 0 saturated heterocycles. The first-order valence-electron chi connectivity index (χ1n) is 0.408. The third-order valence-corrected chi connectivity index (χ3v) is 0. The van der Waals surface area contributed by atoms with E-state index in [-0.39, 0.29) is 17.4 Å². The Morgan fingerprint density at radius 2 is 1.25 bits per heavy atom. The largest absolute Gasteiger partial charge is 0.303 e. The van der Waals surface area contributed by atoms with Crippen molar-refractivity contribution in [2.45, 2.75) is 0 Å². The lowest BCUT2D eigenvalue weighted by Crippen LogP contribution is -0.742. The fraction of sp³-hybridized carbons (Fsp3) is 0. The van der Waals surface area contributed by atoms with Crippen molar-refractivity contribution in [2.75, 3.05) is 0 Å². The van der Waals surface area contributed by atoms with Gasteiger partial charge in [0.15, 0.2) is 0 Å². The number of hydrogen-bond donors (Lipinski definition) is 0. The topological polar surface area (TPSA) is 34.1 Å². The van der Waals surface area contributed by atoms with Crippen molar-refractivity contribution in [3.63, 3.8) is 0 Å². The van der Waals surface area contributed by atoms with Crippen LogP contribution >= 0.6 is 8.34 Å². The van der Waals surface area contributed by atoms with Gasteiger partial charge in [0.1, 0.15) is 17.4 Å². The van der Waals surface area contributed by atoms with E-state index in [2.05, 4.69) is 0 Å². The molecule has 0 aliphatic heterocycles. The zero-order chi connectivity index (χ0) is 2.71. The maximum atomic E-state index is 8.40. The standard InChI is InChI=1S/Al.HO2P.2H/c;1-3-2;;/h;3H;;. The normalized spacial score (nSPS) is 3.00. The van der Waals surface area contributed by atoms with Gasteiger partial charge in [0.2, 0.25) is 0 Å². The molecule has 23 valence electrons. The van der Waals surface area contributed by atoms with Crippen LogP contribution in [-0.4, -0.2) is 17.4 Å². The Morgan fingerprint density at radius 3 is 1.25 bits per heavy atom. The molecule has 0 rings (SSSR count). The minimum atomic E-state index is -1.42. The van der Waals surface area contributed by atoms with E-state index in [1.807, 2.05) is 0 Å². The van der Waals surface area contributed by atoms with E-state index < -0.39 is 8.34 Å². The molecule has 0 fully saturated rings. The molecule has 0 aromatic rings. The van der Waals surface area contributed by atoms with Gasteiger partial charge in [-0.1, -0.05) is 0 Å². The minimum absolute atomic E-state index is 0. The van der Waals surface area contributed by atoms with Gasteiger partial charge in [-0.25, -0.2) is 9.13 Å². The van der Waals surface area contributed by atoms with Crippen molar-refractivity contribution in [2.24, 2.45) is 0 Å². The van der Waals surface area contributed by atoms with E-state index >= 15 is 0 Å². The average molecular weight is 93.0 g/mol. The average Bonchev–Trinajstić information content (AvgIpc) is 0.918. The Kier molecular flexibility index (Phi) is 21.8. The van der Waals surface area contributed by atoms with E-state index in [0.717, 1.165) is 0 Å². The fourth-order valence-electron chi connectivity index (χ4n) is 0. The molecule has 0 bridgehead atoms. The first-order chi connectivity index (χ1) is 1.41. The Hall–Kier alpha value is 0.432. The van der Waals surface area contributed by atoms with E-state index in [9.17, 15) is 0 Å². The summed E-state index contributed by atoms with van der Waals surface area (Å²) in [5, 5.41) is 0. The summed E-state index contributed by atoms with van der Waals surface area (Å²) in [4.78, 5) is 0. The zero-order valence-corrected chi connectivity index (χ0v) is 5.32. The minimum Gasteiger partial charge on any atom is -0.241 e. The highest BCUT2D eigenvalue weighted by atomic mass is 31.0. The summed E-state index contributed by atoms with van der Waals surface area (Å²) in [7, 11) is -1.42. The smallest absolute Gasteiger partial charge is 0.241 e. The number of hydrogen-bond acceptors (Lipinski definition) is 2. The Labute approximate surface area is 35.6 Å². The fourth-order valence-corrected chi connectivity index (χ4v) is 0. The lowest BCUT2D eigenvalue weighted by Gasteiger charge is -1.00. The van der Waals surface area contributed by atoms with Gasteiger partial charge in [-0.3, -0.25) is 0 Å². The van der Waals surface area contributed by atoms with Gasteiger partial charge < -0.3 is 0 Å². The molecule has 0 aliphatic carbocycles. The molecule has 0 aromatic carbocycles. The zero-order valence-electron chi connectivity index (χ0n) is 2.32. The first kappa shape index (κ1) is 8.83. The van der Waals surface area contributed by atoms with Gasteiger partial charge in [0, 0.05) is 0 Å². The van der Waals surface area contributed by atoms with Gasteiger partial charge in [0.05, 0.1) is 0 Å². The molecule has 0 N–H and O–H groups in total. The predicted octanol–water partition coefficient (Wildman–Crippen LogP) is -0.560. The summed E-state index contributed by atoms with van der Waals surface area (Å²) in [6.45, 7) is 0. The summed E-state index contributed by atoms with van der Waals surface area (Å²) in [5.74, 6) is 0. The van der Waals surface area contributed by atoms with Crippen LogP contribution in [0, 0.1) is 0 Å². The highest BCUT2D eigenvalue weighted by Crippen LogP contribution is 1.49. The summed E-state index contributed by atoms with van der Waals surface area (Å²) in [6, 6.07) is 0. The number of rotatable bonds is 0. The SMILES string of the molecule is O=[PH]=O.[AlH2]. The monoisotopic (exact) mass is 93.0 g/mol. The van der Waals surface area contributed by atoms with Crippen molar-refractivity contribution in [3.05, 3.63) is 0 Å². The maximum absolute atomic E-state index is 8.40. The van der Waals surface area contributed by atoms with Crippen LogP contribution in [0.4, 0.5) is 0 Å². The quantitative estimate of drug-likeness (QED) is 0.297. The first-order valence-corrected chi connectivity index (χ1v) is 1.22. The summed E-state index contributed by atoms with van der Waals surface area (Å²) in [5.41, 5.74) is 0. The van der Waals surface area contributed by atoms with Crippen molar-refractivity contribution in [3.8, 4) is 0 Å². The molecule has 0 unspecified atom stereocenters. The van der Waals surface area contributed by atoms with E-state index in [1.165, 1.54) is 0 Å². The van der Waals surface area contributed by atoms with Gasteiger partial charge in [-0.05, 0) is 0 Å². The molecule has 0 atom stereocenters. The molecule has 0 amide bonds. The molecule has 0 spiro atoms. The van der Waals surface area contributed by atoms with Crippen LogP contribution in [-0.2, 0) is 9.13 Å². The molecular weight excluding hydrogens is 90.0 g/mol. The Balaban J connectivity index is 0. The molecule has 0 aromatic heterocycles. The van der Waals surface area contributed by atoms with Crippen LogP contribution in [0.15, 0.2) is 0 Å². The van der Waals surface area contributed by atoms with Crippen LogP contribution in [0.3, 0.4) is 0 Å². The van der Waals surface area contributed by atoms with Crippen molar-refractivity contribution in [1.82, 2.24) is 0 Å². The van der Waals surface area contributed by atoms with Crippen molar-refractivity contribution in [1.29, 1.82) is 0 Å². The second-order valence-electron chi connectivity index (χ2n) is 0.0833. The van der Waals surface area contributed by atoms with Crippen LogP contribution in [0.5, 0.6) is 0 Å². The second-order valence-corrected chi connectivity index (χ2v) is 0.250. The van der Waals surface area contributed by atoms with Crippen LogP contribution in [0.25, 0.3) is 0 Å². The Bertz CT molecular complexity index is 27.0. The second kappa shape index (κ2) is 9.90. The summed E-state index contributed by atoms with van der Waals surface area (Å²) in [6.07, 6.45) is 0. The highest BCUT2D eigenvalue weighted by molar-refractivity contribution is 7.08. The van der Waals surface area contributed by atoms with Crippen molar-refractivity contribution < 1.29 is 9.13 Å². The molecule has 2 nitrogen and oxygen atoms in total. The molecule has 0 aliphatic rings. The highest BCUT2D eigenvalue weighted by Gasteiger charge is 1.07. The van der Waals surface area contributed by atoms with Gasteiger partial charge in [-0.2, -0.15) is 0 Å². The third kappa shape index (κ3) is 26.7. The van der Waals surface area contributed by atoms with Crippen molar-refractivity contribution >= 4 is 25.7 Å². The van der Waals surface area contributed by atoms with Gasteiger partial charge >= 0.3 is 8.34 Å². The lowest BCUT2D eigenvalue weighted by atomic mass is 15.9. The van der Waals surface area contributed by atoms with E-state index in [1.54, 1.807) is 0 Å².